The fourth-order valence-electron chi connectivity index (χ4n) is 1.58. The van der Waals surface area contributed by atoms with E-state index in [9.17, 15) is 9.00 Å². The summed E-state index contributed by atoms with van der Waals surface area (Å²) < 4.78 is 12.5. The standard InChI is InChI=1S/C14H19BrO2S/c1-2-3-10-18(17)11-4-5-14(16)12-6-8-13(15)9-7-12/h6-9H,2-5,10-11H2,1H3. The van der Waals surface area contributed by atoms with E-state index in [-0.39, 0.29) is 5.78 Å². The number of hydrogen-bond acceptors (Lipinski definition) is 2. The number of carbonyl (C=O) groups is 1. The zero-order valence-electron chi connectivity index (χ0n) is 10.7. The van der Waals surface area contributed by atoms with E-state index in [1.165, 1.54) is 0 Å². The van der Waals surface area contributed by atoms with E-state index in [1.54, 1.807) is 0 Å². The van der Waals surface area contributed by atoms with Crippen molar-refractivity contribution >= 4 is 32.5 Å². The lowest BCUT2D eigenvalue weighted by atomic mass is 10.1. The monoisotopic (exact) mass is 330 g/mol. The topological polar surface area (TPSA) is 34.1 Å². The number of benzene rings is 1. The molecule has 100 valence electrons. The molecule has 0 saturated heterocycles. The summed E-state index contributed by atoms with van der Waals surface area (Å²) in [5.74, 6) is 1.54. The minimum absolute atomic E-state index is 0.134. The second-order valence-corrected chi connectivity index (χ2v) is 6.85. The predicted molar refractivity (Wildman–Crippen MR) is 80.5 cm³/mol. The summed E-state index contributed by atoms with van der Waals surface area (Å²) in [6, 6.07) is 7.38. The molecule has 4 heteroatoms. The lowest BCUT2D eigenvalue weighted by Crippen LogP contribution is -2.06. The van der Waals surface area contributed by atoms with Gasteiger partial charge in [-0.15, -0.1) is 0 Å². The third-order valence-corrected chi connectivity index (χ3v) is 4.68. The first-order valence-electron chi connectivity index (χ1n) is 6.27. The number of hydrogen-bond donors (Lipinski definition) is 0. The van der Waals surface area contributed by atoms with Crippen molar-refractivity contribution in [2.45, 2.75) is 32.6 Å². The van der Waals surface area contributed by atoms with Crippen LogP contribution < -0.4 is 0 Å². The van der Waals surface area contributed by atoms with Crippen molar-refractivity contribution in [3.05, 3.63) is 34.3 Å². The molecule has 0 saturated carbocycles. The largest absolute Gasteiger partial charge is 0.294 e. The van der Waals surface area contributed by atoms with Crippen molar-refractivity contribution in [3.63, 3.8) is 0 Å². The highest BCUT2D eigenvalue weighted by atomic mass is 79.9. The number of carbonyl (C=O) groups excluding carboxylic acids is 1. The Labute approximate surface area is 120 Å². The third-order valence-electron chi connectivity index (χ3n) is 2.67. The molecule has 1 unspecified atom stereocenters. The highest BCUT2D eigenvalue weighted by Crippen LogP contribution is 2.12. The van der Waals surface area contributed by atoms with Crippen molar-refractivity contribution in [3.8, 4) is 0 Å². The van der Waals surface area contributed by atoms with Gasteiger partial charge in [0.05, 0.1) is 0 Å². The Morgan fingerprint density at radius 2 is 1.78 bits per heavy atom. The summed E-state index contributed by atoms with van der Waals surface area (Å²) in [5, 5.41) is 0. The highest BCUT2D eigenvalue weighted by molar-refractivity contribution is 9.10. The number of ketones is 1. The molecule has 1 atom stereocenters. The molecule has 0 radical (unpaired) electrons. The molecule has 0 heterocycles. The van der Waals surface area contributed by atoms with Crippen molar-refractivity contribution in [2.75, 3.05) is 11.5 Å². The van der Waals surface area contributed by atoms with Crippen LogP contribution in [0.2, 0.25) is 0 Å². The lowest BCUT2D eigenvalue weighted by molar-refractivity contribution is 0.0982. The first-order valence-corrected chi connectivity index (χ1v) is 8.55. The SMILES string of the molecule is CCCCS(=O)CCCC(=O)c1ccc(Br)cc1. The van der Waals surface area contributed by atoms with Crippen molar-refractivity contribution in [2.24, 2.45) is 0 Å². The highest BCUT2D eigenvalue weighted by Gasteiger charge is 2.06. The first kappa shape index (κ1) is 15.6. The van der Waals surface area contributed by atoms with Crippen molar-refractivity contribution in [1.82, 2.24) is 0 Å². The Morgan fingerprint density at radius 1 is 1.17 bits per heavy atom. The molecule has 1 aromatic carbocycles. The predicted octanol–water partition coefficient (Wildman–Crippen LogP) is 3.96. The molecule has 0 N–H and O–H groups in total. The van der Waals surface area contributed by atoms with Gasteiger partial charge in [-0.2, -0.15) is 0 Å². The van der Waals surface area contributed by atoms with E-state index in [2.05, 4.69) is 22.9 Å². The first-order chi connectivity index (χ1) is 8.63. The quantitative estimate of drug-likeness (QED) is 0.676. The van der Waals surface area contributed by atoms with Crippen LogP contribution in [-0.4, -0.2) is 21.5 Å². The van der Waals surface area contributed by atoms with E-state index in [0.717, 1.165) is 28.6 Å². The number of Topliss-reactive ketones (excluding diaryl/α,β-unsaturated/α-hetero) is 1. The van der Waals surface area contributed by atoms with E-state index in [1.807, 2.05) is 24.3 Å². The number of halogens is 1. The van der Waals surface area contributed by atoms with Crippen molar-refractivity contribution in [1.29, 1.82) is 0 Å². The van der Waals surface area contributed by atoms with Crippen LogP contribution in [0, 0.1) is 0 Å². The van der Waals surface area contributed by atoms with Crippen LogP contribution in [0.25, 0.3) is 0 Å². The Kier molecular flexibility index (Phi) is 7.44. The smallest absolute Gasteiger partial charge is 0.162 e. The molecule has 0 bridgehead atoms. The lowest BCUT2D eigenvalue weighted by Gasteiger charge is -2.02. The van der Waals surface area contributed by atoms with E-state index < -0.39 is 10.8 Å². The van der Waals surface area contributed by atoms with Crippen LogP contribution in [0.15, 0.2) is 28.7 Å². The average molecular weight is 331 g/mol. The van der Waals surface area contributed by atoms with Gasteiger partial charge in [0, 0.05) is 38.8 Å². The zero-order chi connectivity index (χ0) is 13.4. The summed E-state index contributed by atoms with van der Waals surface area (Å²) in [6.07, 6.45) is 3.28. The van der Waals surface area contributed by atoms with Crippen LogP contribution >= 0.6 is 15.9 Å². The minimum Gasteiger partial charge on any atom is -0.294 e. The Bertz CT molecular complexity index is 401. The molecule has 0 aliphatic heterocycles. The molecule has 0 aliphatic rings. The van der Waals surface area contributed by atoms with Gasteiger partial charge in [0.1, 0.15) is 0 Å². The van der Waals surface area contributed by atoms with Crippen LogP contribution in [0.1, 0.15) is 43.0 Å². The maximum Gasteiger partial charge on any atom is 0.162 e. The zero-order valence-corrected chi connectivity index (χ0v) is 13.1. The van der Waals surface area contributed by atoms with Gasteiger partial charge in [0.2, 0.25) is 0 Å². The summed E-state index contributed by atoms with van der Waals surface area (Å²) >= 11 is 3.34. The molecule has 2 nitrogen and oxygen atoms in total. The number of rotatable bonds is 8. The third kappa shape index (κ3) is 5.91. The molecule has 0 aliphatic carbocycles. The van der Waals surface area contributed by atoms with Crippen LogP contribution in [0.5, 0.6) is 0 Å². The summed E-state index contributed by atoms with van der Waals surface area (Å²) in [4.78, 5) is 11.8. The van der Waals surface area contributed by atoms with Crippen LogP contribution in [0.3, 0.4) is 0 Å². The second-order valence-electron chi connectivity index (χ2n) is 4.24. The Morgan fingerprint density at radius 3 is 2.39 bits per heavy atom. The van der Waals surface area contributed by atoms with Gasteiger partial charge in [-0.05, 0) is 25.0 Å². The Hall–Kier alpha value is -0.480. The molecule has 0 spiro atoms. The second kappa shape index (κ2) is 8.59. The molecular weight excluding hydrogens is 312 g/mol. The van der Waals surface area contributed by atoms with Crippen LogP contribution in [-0.2, 0) is 10.8 Å². The molecule has 1 aromatic rings. The minimum atomic E-state index is -0.756. The number of unbranched alkanes of at least 4 members (excludes halogenated alkanes) is 1. The van der Waals surface area contributed by atoms with Gasteiger partial charge in [0.15, 0.2) is 5.78 Å². The van der Waals surface area contributed by atoms with Gasteiger partial charge in [-0.25, -0.2) is 0 Å². The fraction of sp³-hybridized carbons (Fsp3) is 0.500. The normalized spacial score (nSPS) is 12.3. The van der Waals surface area contributed by atoms with E-state index >= 15 is 0 Å². The van der Waals surface area contributed by atoms with Gasteiger partial charge < -0.3 is 0 Å². The molecule has 0 amide bonds. The van der Waals surface area contributed by atoms with Gasteiger partial charge >= 0.3 is 0 Å². The van der Waals surface area contributed by atoms with Gasteiger partial charge in [0.25, 0.3) is 0 Å². The molecule has 18 heavy (non-hydrogen) atoms. The summed E-state index contributed by atoms with van der Waals surface area (Å²) in [6.45, 7) is 2.09. The summed E-state index contributed by atoms with van der Waals surface area (Å²) in [5.41, 5.74) is 0.734. The van der Waals surface area contributed by atoms with Crippen LogP contribution in [0.4, 0.5) is 0 Å². The van der Waals surface area contributed by atoms with E-state index in [0.29, 0.717) is 18.6 Å². The molecule has 1 rings (SSSR count). The maximum absolute atomic E-state index is 11.8. The Balaban J connectivity index is 2.29. The maximum atomic E-state index is 11.8. The molecular formula is C14H19BrO2S. The average Bonchev–Trinajstić information content (AvgIpc) is 2.37. The van der Waals surface area contributed by atoms with Crippen molar-refractivity contribution < 1.29 is 9.00 Å². The molecule has 0 fully saturated rings. The summed E-state index contributed by atoms with van der Waals surface area (Å²) in [7, 11) is -0.756. The fourth-order valence-corrected chi connectivity index (χ4v) is 3.13. The van der Waals surface area contributed by atoms with Gasteiger partial charge in [-0.1, -0.05) is 41.4 Å². The van der Waals surface area contributed by atoms with E-state index in [4.69, 9.17) is 0 Å². The molecule has 0 aromatic heterocycles. The van der Waals surface area contributed by atoms with Gasteiger partial charge in [-0.3, -0.25) is 9.00 Å².